The van der Waals surface area contributed by atoms with Crippen LogP contribution in [0.1, 0.15) is 22.3 Å². The largest absolute Gasteiger partial charge is 0.386 e. The van der Waals surface area contributed by atoms with E-state index in [1.165, 1.54) is 0 Å². The van der Waals surface area contributed by atoms with E-state index >= 15 is 0 Å². The van der Waals surface area contributed by atoms with E-state index in [1.807, 2.05) is 63.8 Å². The number of nitrogens with zero attached hydrogens (tertiary/aromatic N) is 6. The van der Waals surface area contributed by atoms with E-state index in [4.69, 9.17) is 0 Å². The van der Waals surface area contributed by atoms with Gasteiger partial charge < -0.3 is 19.5 Å². The first-order valence-corrected chi connectivity index (χ1v) is 10.7. The van der Waals surface area contributed by atoms with Crippen molar-refractivity contribution < 1.29 is 9.90 Å². The number of fused-ring (bicyclic) bond motifs is 1. The second kappa shape index (κ2) is 8.12. The van der Waals surface area contributed by atoms with Crippen LogP contribution in [0.5, 0.6) is 0 Å². The van der Waals surface area contributed by atoms with Crippen LogP contribution in [0.3, 0.4) is 0 Å². The van der Waals surface area contributed by atoms with Crippen LogP contribution in [0.2, 0.25) is 0 Å². The average molecular weight is 431 g/mol. The Kier molecular flexibility index (Phi) is 5.14. The van der Waals surface area contributed by atoms with Gasteiger partial charge >= 0.3 is 0 Å². The molecule has 8 heteroatoms. The van der Waals surface area contributed by atoms with Crippen LogP contribution in [0.15, 0.2) is 73.6 Å². The molecule has 1 aliphatic heterocycles. The summed E-state index contributed by atoms with van der Waals surface area (Å²) >= 11 is 0. The number of imidazole rings is 2. The summed E-state index contributed by atoms with van der Waals surface area (Å²) in [7, 11) is 1.75. The molecule has 0 unspecified atom stereocenters. The molecule has 1 atom stereocenters. The third-order valence-corrected chi connectivity index (χ3v) is 6.04. The highest BCUT2D eigenvalue weighted by molar-refractivity contribution is 5.94. The Balaban J connectivity index is 1.27. The quantitative estimate of drug-likeness (QED) is 0.508. The van der Waals surface area contributed by atoms with Crippen molar-refractivity contribution in [1.82, 2.24) is 23.8 Å². The maximum Gasteiger partial charge on any atom is 0.253 e. The minimum absolute atomic E-state index is 0.0962. The molecule has 164 valence electrons. The van der Waals surface area contributed by atoms with E-state index in [2.05, 4.69) is 14.9 Å². The van der Waals surface area contributed by atoms with Crippen molar-refractivity contribution in [2.75, 3.05) is 31.6 Å². The first kappa shape index (κ1) is 20.3. The molecule has 4 aromatic rings. The highest BCUT2D eigenvalue weighted by Crippen LogP contribution is 2.28. The van der Waals surface area contributed by atoms with E-state index in [0.717, 1.165) is 23.6 Å². The zero-order valence-electron chi connectivity index (χ0n) is 18.0. The van der Waals surface area contributed by atoms with Crippen LogP contribution in [0, 0.1) is 0 Å². The molecule has 1 N–H and O–H groups in total. The zero-order chi connectivity index (χ0) is 22.1. The number of β-amino-alcohol motifs (C(OH)–C–C–N with tert-alkyl or cyclic N) is 1. The van der Waals surface area contributed by atoms with E-state index in [-0.39, 0.29) is 12.5 Å². The van der Waals surface area contributed by atoms with Crippen molar-refractivity contribution in [2.45, 2.75) is 18.6 Å². The summed E-state index contributed by atoms with van der Waals surface area (Å²) in [6.07, 6.45) is 9.68. The molecule has 1 aromatic carbocycles. The fraction of sp³-hybridized carbons (Fsp3) is 0.292. The molecule has 0 saturated carbocycles. The Labute approximate surface area is 186 Å². The lowest BCUT2D eigenvalue weighted by molar-refractivity contribution is 0.0264. The lowest BCUT2D eigenvalue weighted by atomic mass is 10.0. The number of likely N-dealkylation sites (N-methyl/N-ethyl adjacent to an activating group) is 1. The Morgan fingerprint density at radius 2 is 2.06 bits per heavy atom. The third-order valence-electron chi connectivity index (χ3n) is 6.04. The molecule has 5 rings (SSSR count). The second-order valence-electron chi connectivity index (χ2n) is 8.53. The van der Waals surface area contributed by atoms with Crippen LogP contribution in [0.4, 0.5) is 5.82 Å². The smallest absolute Gasteiger partial charge is 0.253 e. The molecule has 1 fully saturated rings. The van der Waals surface area contributed by atoms with Crippen LogP contribution in [-0.4, -0.2) is 67.1 Å². The molecular weight excluding hydrogens is 404 g/mol. The maximum atomic E-state index is 13.1. The van der Waals surface area contributed by atoms with Crippen molar-refractivity contribution in [3.63, 3.8) is 0 Å². The van der Waals surface area contributed by atoms with Gasteiger partial charge in [0.25, 0.3) is 5.91 Å². The molecule has 1 amide bonds. The number of amides is 1. The topological polar surface area (TPSA) is 78.9 Å². The predicted molar refractivity (Wildman–Crippen MR) is 122 cm³/mol. The molecule has 1 aliphatic rings. The Hall–Kier alpha value is -3.65. The zero-order valence-corrected chi connectivity index (χ0v) is 18.0. The number of pyridine rings is 1. The molecule has 0 spiro atoms. The normalized spacial score (nSPS) is 18.4. The number of anilines is 1. The third kappa shape index (κ3) is 3.97. The first-order chi connectivity index (χ1) is 15.5. The highest BCUT2D eigenvalue weighted by Gasteiger charge is 2.38. The minimum Gasteiger partial charge on any atom is -0.386 e. The Bertz CT molecular complexity index is 1230. The van der Waals surface area contributed by atoms with E-state index < -0.39 is 5.60 Å². The number of carbonyl (C=O) groups excluding carboxylic acids is 1. The summed E-state index contributed by atoms with van der Waals surface area (Å²) in [6.45, 7) is 2.11. The van der Waals surface area contributed by atoms with Crippen molar-refractivity contribution in [2.24, 2.45) is 0 Å². The van der Waals surface area contributed by atoms with Gasteiger partial charge in [0, 0.05) is 57.0 Å². The van der Waals surface area contributed by atoms with Crippen molar-refractivity contribution in [3.05, 3.63) is 84.7 Å². The summed E-state index contributed by atoms with van der Waals surface area (Å²) in [4.78, 5) is 25.3. The van der Waals surface area contributed by atoms with Gasteiger partial charge in [0.05, 0.1) is 12.9 Å². The van der Waals surface area contributed by atoms with Gasteiger partial charge in [-0.1, -0.05) is 18.2 Å². The number of aromatic nitrogens is 4. The van der Waals surface area contributed by atoms with Gasteiger partial charge in [-0.2, -0.15) is 0 Å². The molecule has 0 aliphatic carbocycles. The van der Waals surface area contributed by atoms with Crippen LogP contribution >= 0.6 is 0 Å². The lowest BCUT2D eigenvalue weighted by Gasteiger charge is -2.29. The molecule has 4 heterocycles. The SMILES string of the molecule is CN(C[C@]1(O)CCN(c2cccc3nccn23)C1)C(=O)c1cccc(Cn2ccnc2)c1. The summed E-state index contributed by atoms with van der Waals surface area (Å²) in [5.41, 5.74) is 1.55. The molecular formula is C24H26N6O2. The number of hydrogen-bond acceptors (Lipinski definition) is 5. The van der Waals surface area contributed by atoms with E-state index in [1.54, 1.807) is 30.7 Å². The predicted octanol–water partition coefficient (Wildman–Crippen LogP) is 2.29. The number of carbonyl (C=O) groups is 1. The summed E-state index contributed by atoms with van der Waals surface area (Å²) in [6, 6.07) is 13.6. The Morgan fingerprint density at radius 1 is 1.19 bits per heavy atom. The molecule has 0 bridgehead atoms. The maximum absolute atomic E-state index is 13.1. The van der Waals surface area contributed by atoms with Gasteiger partial charge in [-0.25, -0.2) is 9.97 Å². The minimum atomic E-state index is -0.971. The standard InChI is InChI=1S/C24H26N6O2/c1-27(23(31)20-5-2-4-19(14-20)15-28-12-9-25-18-28)16-24(32)8-11-29(17-24)22-7-3-6-21-26-10-13-30(21)22/h2-7,9-10,12-14,18,32H,8,11,15-17H2,1H3/t24-/m1/s1. The number of aliphatic hydroxyl groups is 1. The highest BCUT2D eigenvalue weighted by atomic mass is 16.3. The van der Waals surface area contributed by atoms with E-state index in [0.29, 0.717) is 25.1 Å². The molecule has 32 heavy (non-hydrogen) atoms. The van der Waals surface area contributed by atoms with Gasteiger partial charge in [0.15, 0.2) is 0 Å². The molecule has 0 radical (unpaired) electrons. The van der Waals surface area contributed by atoms with Crippen LogP contribution in [0.25, 0.3) is 5.65 Å². The first-order valence-electron chi connectivity index (χ1n) is 10.7. The van der Waals surface area contributed by atoms with Crippen molar-refractivity contribution >= 4 is 17.4 Å². The molecule has 3 aromatic heterocycles. The van der Waals surface area contributed by atoms with Gasteiger partial charge in [-0.15, -0.1) is 0 Å². The average Bonchev–Trinajstić information content (AvgIpc) is 3.54. The molecule has 1 saturated heterocycles. The fourth-order valence-electron chi connectivity index (χ4n) is 4.50. The fourth-order valence-corrected chi connectivity index (χ4v) is 4.50. The van der Waals surface area contributed by atoms with Gasteiger partial charge in [-0.3, -0.25) is 9.20 Å². The second-order valence-corrected chi connectivity index (χ2v) is 8.53. The van der Waals surface area contributed by atoms with Crippen LogP contribution in [-0.2, 0) is 6.54 Å². The summed E-state index contributed by atoms with van der Waals surface area (Å²) < 4.78 is 3.98. The monoisotopic (exact) mass is 430 g/mol. The van der Waals surface area contributed by atoms with Crippen molar-refractivity contribution in [3.8, 4) is 0 Å². The van der Waals surface area contributed by atoms with Gasteiger partial charge in [-0.05, 0) is 36.2 Å². The van der Waals surface area contributed by atoms with Crippen molar-refractivity contribution in [1.29, 1.82) is 0 Å². The van der Waals surface area contributed by atoms with Crippen LogP contribution < -0.4 is 4.90 Å². The lowest BCUT2D eigenvalue weighted by Crippen LogP contribution is -2.46. The number of hydrogen-bond donors (Lipinski definition) is 1. The Morgan fingerprint density at radius 3 is 2.91 bits per heavy atom. The molecule has 8 nitrogen and oxygen atoms in total. The van der Waals surface area contributed by atoms with Gasteiger partial charge in [0.2, 0.25) is 0 Å². The number of benzene rings is 1. The summed E-state index contributed by atoms with van der Waals surface area (Å²) in [5, 5.41) is 11.3. The summed E-state index contributed by atoms with van der Waals surface area (Å²) in [5.74, 6) is 0.901. The number of rotatable bonds is 6. The van der Waals surface area contributed by atoms with Gasteiger partial charge in [0.1, 0.15) is 17.1 Å². The van der Waals surface area contributed by atoms with E-state index in [9.17, 15) is 9.90 Å².